The van der Waals surface area contributed by atoms with Crippen molar-refractivity contribution < 1.29 is 4.79 Å². The summed E-state index contributed by atoms with van der Waals surface area (Å²) in [7, 11) is 0. The Morgan fingerprint density at radius 1 is 0.941 bits per heavy atom. The van der Waals surface area contributed by atoms with E-state index >= 15 is 0 Å². The third-order valence-electron chi connectivity index (χ3n) is 5.78. The summed E-state index contributed by atoms with van der Waals surface area (Å²) < 4.78 is 3.10. The molecule has 0 atom stereocenters. The lowest BCUT2D eigenvalue weighted by atomic mass is 10.1. The molecule has 0 radical (unpaired) electrons. The van der Waals surface area contributed by atoms with Gasteiger partial charge in [0.1, 0.15) is 0 Å². The van der Waals surface area contributed by atoms with Crippen LogP contribution in [0.15, 0.2) is 65.5 Å². The van der Waals surface area contributed by atoms with Gasteiger partial charge in [0.05, 0.1) is 17.6 Å². The molecular weight excluding hydrogens is 450 g/mol. The van der Waals surface area contributed by atoms with Crippen molar-refractivity contribution in [2.45, 2.75) is 27.3 Å². The molecule has 1 N–H and O–H groups in total. The summed E-state index contributed by atoms with van der Waals surface area (Å²) in [6.07, 6.45) is 0. The molecule has 0 fully saturated rings. The van der Waals surface area contributed by atoms with Crippen LogP contribution >= 0.6 is 11.6 Å². The van der Waals surface area contributed by atoms with E-state index in [2.05, 4.69) is 15.4 Å². The van der Waals surface area contributed by atoms with E-state index in [-0.39, 0.29) is 17.0 Å². The number of carbonyl (C=O) groups excluding carboxylic acids is 1. The van der Waals surface area contributed by atoms with Crippen LogP contribution in [0.25, 0.3) is 16.7 Å². The zero-order chi connectivity index (χ0) is 24.0. The topological polar surface area (TPSA) is 81.3 Å². The molecule has 8 heteroatoms. The smallest absolute Gasteiger partial charge is 0.296 e. The average molecular weight is 472 g/mol. The number of halogens is 1. The molecule has 0 saturated carbocycles. The van der Waals surface area contributed by atoms with E-state index in [4.69, 9.17) is 11.6 Å². The van der Waals surface area contributed by atoms with Crippen molar-refractivity contribution in [3.63, 3.8) is 0 Å². The number of rotatable bonds is 4. The Kier molecular flexibility index (Phi) is 5.42. The first-order chi connectivity index (χ1) is 16.3. The fourth-order valence-electron chi connectivity index (χ4n) is 4.03. The zero-order valence-corrected chi connectivity index (χ0v) is 19.7. The minimum absolute atomic E-state index is 0.0665. The zero-order valence-electron chi connectivity index (χ0n) is 19.0. The minimum atomic E-state index is -0.473. The number of carbonyl (C=O) groups is 1. The van der Waals surface area contributed by atoms with Crippen LogP contribution < -0.4 is 10.9 Å². The third-order valence-corrected chi connectivity index (χ3v) is 6.03. The minimum Gasteiger partial charge on any atom is -0.319 e. The van der Waals surface area contributed by atoms with E-state index < -0.39 is 5.91 Å². The Balaban J connectivity index is 1.63. The molecule has 5 rings (SSSR count). The molecule has 0 spiro atoms. The number of hydrogen-bond acceptors (Lipinski definition) is 4. The molecule has 0 aliphatic heterocycles. The van der Waals surface area contributed by atoms with Crippen molar-refractivity contribution >= 4 is 39.9 Å². The van der Waals surface area contributed by atoms with E-state index in [9.17, 15) is 9.59 Å². The first-order valence-electron chi connectivity index (χ1n) is 10.8. The van der Waals surface area contributed by atoms with E-state index in [1.54, 1.807) is 16.7 Å². The Hall–Kier alpha value is -3.97. The molecule has 5 aromatic rings. The molecule has 170 valence electrons. The third kappa shape index (κ3) is 3.95. The SMILES string of the molecule is Cc1ccc(NC(=O)c2nc3c(=O)n(Cc4ccc(Cl)cc4)c4cc(C)ccc4n3n2)c(C)c1. The van der Waals surface area contributed by atoms with E-state index in [1.165, 1.54) is 4.52 Å². The lowest BCUT2D eigenvalue weighted by Crippen LogP contribution is -2.24. The summed E-state index contributed by atoms with van der Waals surface area (Å²) in [6.45, 7) is 6.21. The van der Waals surface area contributed by atoms with Crippen molar-refractivity contribution in [2.75, 3.05) is 5.32 Å². The van der Waals surface area contributed by atoms with E-state index in [0.29, 0.717) is 28.3 Å². The van der Waals surface area contributed by atoms with Crippen LogP contribution in [0.3, 0.4) is 0 Å². The molecule has 7 nitrogen and oxygen atoms in total. The number of anilines is 1. The Bertz CT molecular complexity index is 1630. The molecule has 0 bridgehead atoms. The lowest BCUT2D eigenvalue weighted by molar-refractivity contribution is 0.101. The highest BCUT2D eigenvalue weighted by Gasteiger charge is 2.20. The summed E-state index contributed by atoms with van der Waals surface area (Å²) in [4.78, 5) is 30.8. The van der Waals surface area contributed by atoms with Crippen molar-refractivity contribution in [1.29, 1.82) is 0 Å². The number of hydrogen-bond donors (Lipinski definition) is 1. The van der Waals surface area contributed by atoms with Gasteiger partial charge in [-0.2, -0.15) is 4.98 Å². The number of nitrogens with one attached hydrogen (secondary N) is 1. The number of fused-ring (bicyclic) bond motifs is 3. The Labute approximate surface area is 200 Å². The first-order valence-corrected chi connectivity index (χ1v) is 11.2. The van der Waals surface area contributed by atoms with Crippen LogP contribution in [0.2, 0.25) is 5.02 Å². The van der Waals surface area contributed by atoms with Gasteiger partial charge >= 0.3 is 0 Å². The number of nitrogens with zero attached hydrogens (tertiary/aromatic N) is 4. The van der Waals surface area contributed by atoms with E-state index in [1.807, 2.05) is 69.3 Å². The maximum Gasteiger partial charge on any atom is 0.296 e. The number of aryl methyl sites for hydroxylation is 3. The quantitative estimate of drug-likeness (QED) is 0.403. The molecule has 0 saturated heterocycles. The molecule has 2 aromatic heterocycles. The molecule has 3 aromatic carbocycles. The molecule has 0 aliphatic carbocycles. The van der Waals surface area contributed by atoms with Gasteiger partial charge in [-0.15, -0.1) is 5.10 Å². The standard InChI is InChI=1S/C26H22ClN5O2/c1-15-4-10-20(17(3)12-15)28-25(33)23-29-24-26(34)31(14-18-6-8-19(27)9-7-18)22-13-16(2)5-11-21(22)32(24)30-23/h4-13H,14H2,1-3H3,(H,28,33). The molecule has 0 unspecified atom stereocenters. The first kappa shape index (κ1) is 21.9. The van der Waals surface area contributed by atoms with Gasteiger partial charge in [0.2, 0.25) is 11.5 Å². The summed E-state index contributed by atoms with van der Waals surface area (Å²) in [5, 5.41) is 7.88. The van der Waals surface area contributed by atoms with Crippen LogP contribution in [0, 0.1) is 20.8 Å². The number of aromatic nitrogens is 4. The fraction of sp³-hybridized carbons (Fsp3) is 0.154. The van der Waals surface area contributed by atoms with Crippen LogP contribution in [-0.4, -0.2) is 25.1 Å². The summed E-state index contributed by atoms with van der Waals surface area (Å²) >= 11 is 6.02. The summed E-state index contributed by atoms with van der Waals surface area (Å²) in [6, 6.07) is 18.9. The Morgan fingerprint density at radius 2 is 1.65 bits per heavy atom. The van der Waals surface area contributed by atoms with Gasteiger partial charge in [-0.3, -0.25) is 14.2 Å². The molecule has 1 amide bonds. The van der Waals surface area contributed by atoms with Crippen molar-refractivity contribution in [3.05, 3.63) is 104 Å². The van der Waals surface area contributed by atoms with Crippen molar-refractivity contribution in [3.8, 4) is 0 Å². The average Bonchev–Trinajstić information content (AvgIpc) is 3.26. The highest BCUT2D eigenvalue weighted by molar-refractivity contribution is 6.30. The van der Waals surface area contributed by atoms with E-state index in [0.717, 1.165) is 22.3 Å². The second-order valence-corrected chi connectivity index (χ2v) is 8.89. The summed E-state index contributed by atoms with van der Waals surface area (Å²) in [5.74, 6) is -0.539. The highest BCUT2D eigenvalue weighted by Crippen LogP contribution is 2.20. The van der Waals surface area contributed by atoms with Gasteiger partial charge in [-0.25, -0.2) is 4.52 Å². The molecule has 34 heavy (non-hydrogen) atoms. The molecule has 0 aliphatic rings. The number of amides is 1. The van der Waals surface area contributed by atoms with Crippen LogP contribution in [0.1, 0.15) is 32.9 Å². The van der Waals surface area contributed by atoms with Gasteiger partial charge < -0.3 is 5.32 Å². The number of benzene rings is 3. The molecular formula is C26H22ClN5O2. The van der Waals surface area contributed by atoms with Gasteiger partial charge in [0.15, 0.2) is 0 Å². The van der Waals surface area contributed by atoms with Gasteiger partial charge in [-0.05, 0) is 67.8 Å². The van der Waals surface area contributed by atoms with Gasteiger partial charge in [0.25, 0.3) is 11.5 Å². The van der Waals surface area contributed by atoms with Gasteiger partial charge in [-0.1, -0.05) is 47.5 Å². The second-order valence-electron chi connectivity index (χ2n) is 8.45. The Morgan fingerprint density at radius 3 is 2.38 bits per heavy atom. The predicted molar refractivity (Wildman–Crippen MR) is 134 cm³/mol. The predicted octanol–water partition coefficient (Wildman–Crippen LogP) is 4.92. The largest absolute Gasteiger partial charge is 0.319 e. The monoisotopic (exact) mass is 471 g/mol. The fourth-order valence-corrected chi connectivity index (χ4v) is 4.16. The van der Waals surface area contributed by atoms with Crippen LogP contribution in [0.5, 0.6) is 0 Å². The second kappa shape index (κ2) is 8.43. The maximum absolute atomic E-state index is 13.5. The normalized spacial score (nSPS) is 11.3. The van der Waals surface area contributed by atoms with Gasteiger partial charge in [0, 0.05) is 10.7 Å². The highest BCUT2D eigenvalue weighted by atomic mass is 35.5. The van der Waals surface area contributed by atoms with Crippen molar-refractivity contribution in [2.24, 2.45) is 0 Å². The maximum atomic E-state index is 13.5. The molecule has 2 heterocycles. The van der Waals surface area contributed by atoms with Crippen molar-refractivity contribution in [1.82, 2.24) is 19.2 Å². The van der Waals surface area contributed by atoms with Crippen LogP contribution in [-0.2, 0) is 6.54 Å². The van der Waals surface area contributed by atoms with Crippen LogP contribution in [0.4, 0.5) is 5.69 Å². The lowest BCUT2D eigenvalue weighted by Gasteiger charge is -2.12. The summed E-state index contributed by atoms with van der Waals surface area (Å²) in [5.41, 5.74) is 5.80.